The fraction of sp³-hybridized carbons (Fsp3) is 0.444. The first-order chi connectivity index (χ1) is 13.0. The van der Waals surface area contributed by atoms with Gasteiger partial charge in [-0.2, -0.15) is 10.1 Å². The van der Waals surface area contributed by atoms with E-state index in [4.69, 9.17) is 18.0 Å². The number of nitrogens with zero attached hydrogens (tertiary/aromatic N) is 6. The fourth-order valence-corrected chi connectivity index (χ4v) is 4.03. The number of terminal acetylenes is 1. The molecule has 2 saturated heterocycles. The van der Waals surface area contributed by atoms with Crippen molar-refractivity contribution in [3.8, 4) is 12.3 Å². The van der Waals surface area contributed by atoms with Gasteiger partial charge >= 0.3 is 0 Å². The standard InChI is InChI=1S/C18H20ClN7O/c1-3-4-16(27)25-7-12-9-26(10-13(12)8-25)17-15(19)6-20-18(23-17)22-14-5-21-24(2)11-14/h1,5-6,11-13H,4,7-10H2,2H3,(H,20,22,23)/t12-,13+. The third-order valence-electron chi connectivity index (χ3n) is 5.08. The molecule has 0 aromatic carbocycles. The first-order valence-electron chi connectivity index (χ1n) is 8.78. The number of halogens is 1. The second-order valence-corrected chi connectivity index (χ2v) is 7.40. The highest BCUT2D eigenvalue weighted by Gasteiger charge is 2.42. The normalized spacial score (nSPS) is 21.2. The van der Waals surface area contributed by atoms with E-state index in [0.29, 0.717) is 28.6 Å². The Hall–Kier alpha value is -2.79. The van der Waals surface area contributed by atoms with Gasteiger partial charge in [-0.15, -0.1) is 6.42 Å². The Labute approximate surface area is 162 Å². The quantitative estimate of drug-likeness (QED) is 0.804. The summed E-state index contributed by atoms with van der Waals surface area (Å²) in [6.45, 7) is 3.11. The van der Waals surface area contributed by atoms with Gasteiger partial charge in [-0.05, 0) is 0 Å². The van der Waals surface area contributed by atoms with Crippen molar-refractivity contribution in [1.29, 1.82) is 0 Å². The lowest BCUT2D eigenvalue weighted by molar-refractivity contribution is -0.129. The minimum Gasteiger partial charge on any atom is -0.354 e. The number of aryl methyl sites for hydroxylation is 1. The minimum atomic E-state index is 0.0430. The first-order valence-corrected chi connectivity index (χ1v) is 9.15. The number of carbonyl (C=O) groups excluding carboxylic acids is 1. The second-order valence-electron chi connectivity index (χ2n) is 7.00. The lowest BCUT2D eigenvalue weighted by Crippen LogP contribution is -2.33. The van der Waals surface area contributed by atoms with Crippen LogP contribution in [0.25, 0.3) is 0 Å². The van der Waals surface area contributed by atoms with Gasteiger partial charge in [0.2, 0.25) is 11.9 Å². The molecular formula is C18H20ClN7O. The summed E-state index contributed by atoms with van der Waals surface area (Å²) in [5.74, 6) is 4.49. The maximum absolute atomic E-state index is 12.0. The number of carbonyl (C=O) groups is 1. The predicted octanol–water partition coefficient (Wildman–Crippen LogP) is 1.52. The van der Waals surface area contributed by atoms with Gasteiger partial charge in [0.1, 0.15) is 5.02 Å². The van der Waals surface area contributed by atoms with E-state index in [1.54, 1.807) is 17.1 Å². The molecule has 0 saturated carbocycles. The van der Waals surface area contributed by atoms with Crippen molar-refractivity contribution in [2.75, 3.05) is 36.4 Å². The molecule has 0 spiro atoms. The maximum atomic E-state index is 12.0. The van der Waals surface area contributed by atoms with Crippen molar-refractivity contribution < 1.29 is 4.79 Å². The van der Waals surface area contributed by atoms with Gasteiger partial charge in [-0.3, -0.25) is 9.48 Å². The van der Waals surface area contributed by atoms with E-state index >= 15 is 0 Å². The van der Waals surface area contributed by atoms with Crippen LogP contribution in [-0.2, 0) is 11.8 Å². The van der Waals surface area contributed by atoms with Crippen molar-refractivity contribution in [3.63, 3.8) is 0 Å². The van der Waals surface area contributed by atoms with Gasteiger partial charge in [0.25, 0.3) is 0 Å². The Bertz CT molecular complexity index is 891. The summed E-state index contributed by atoms with van der Waals surface area (Å²) in [7, 11) is 1.85. The zero-order valence-electron chi connectivity index (χ0n) is 15.0. The van der Waals surface area contributed by atoms with Crippen molar-refractivity contribution in [2.45, 2.75) is 6.42 Å². The summed E-state index contributed by atoms with van der Waals surface area (Å²) in [6, 6.07) is 0. The lowest BCUT2D eigenvalue weighted by Gasteiger charge is -2.23. The second kappa shape index (κ2) is 7.08. The Morgan fingerprint density at radius 1 is 1.33 bits per heavy atom. The van der Waals surface area contributed by atoms with Crippen LogP contribution in [0.4, 0.5) is 17.5 Å². The van der Waals surface area contributed by atoms with E-state index < -0.39 is 0 Å². The largest absolute Gasteiger partial charge is 0.354 e. The average molecular weight is 386 g/mol. The molecule has 2 fully saturated rings. The molecule has 1 N–H and O–H groups in total. The highest BCUT2D eigenvalue weighted by atomic mass is 35.5. The number of amides is 1. The SMILES string of the molecule is C#CCC(=O)N1C[C@@H]2CN(c3nc(Nc4cnn(C)c4)ncc3Cl)C[C@@H]2C1. The van der Waals surface area contributed by atoms with E-state index in [-0.39, 0.29) is 12.3 Å². The van der Waals surface area contributed by atoms with Gasteiger partial charge in [-0.1, -0.05) is 17.5 Å². The van der Waals surface area contributed by atoms with E-state index in [2.05, 4.69) is 31.2 Å². The van der Waals surface area contributed by atoms with E-state index in [0.717, 1.165) is 31.9 Å². The van der Waals surface area contributed by atoms with Crippen molar-refractivity contribution >= 4 is 35.0 Å². The molecule has 2 aromatic rings. The topological polar surface area (TPSA) is 79.2 Å². The Morgan fingerprint density at radius 3 is 2.70 bits per heavy atom. The van der Waals surface area contributed by atoms with Crippen LogP contribution >= 0.6 is 11.6 Å². The van der Waals surface area contributed by atoms with Gasteiger partial charge in [0, 0.05) is 51.3 Å². The van der Waals surface area contributed by atoms with E-state index in [1.165, 1.54) is 0 Å². The number of hydrogen-bond donors (Lipinski definition) is 1. The summed E-state index contributed by atoms with van der Waals surface area (Å²) >= 11 is 6.36. The number of nitrogens with one attached hydrogen (secondary N) is 1. The summed E-state index contributed by atoms with van der Waals surface area (Å²) in [4.78, 5) is 24.9. The molecule has 0 aliphatic carbocycles. The number of likely N-dealkylation sites (tertiary alicyclic amines) is 1. The van der Waals surface area contributed by atoms with Crippen LogP contribution in [0.2, 0.25) is 5.02 Å². The highest BCUT2D eigenvalue weighted by molar-refractivity contribution is 6.32. The molecule has 27 heavy (non-hydrogen) atoms. The van der Waals surface area contributed by atoms with Gasteiger partial charge in [0.15, 0.2) is 5.82 Å². The highest BCUT2D eigenvalue weighted by Crippen LogP contribution is 2.36. The van der Waals surface area contributed by atoms with E-state index in [9.17, 15) is 4.79 Å². The summed E-state index contributed by atoms with van der Waals surface area (Å²) in [5, 5.41) is 7.78. The van der Waals surface area contributed by atoms with Crippen LogP contribution < -0.4 is 10.2 Å². The van der Waals surface area contributed by atoms with Gasteiger partial charge in [-0.25, -0.2) is 4.98 Å². The summed E-state index contributed by atoms with van der Waals surface area (Å²) in [5.41, 5.74) is 0.812. The molecule has 4 rings (SSSR count). The molecule has 1 amide bonds. The number of aromatic nitrogens is 4. The molecule has 0 unspecified atom stereocenters. The number of anilines is 3. The molecule has 8 nitrogen and oxygen atoms in total. The molecule has 2 aromatic heterocycles. The maximum Gasteiger partial charge on any atom is 0.234 e. The minimum absolute atomic E-state index is 0.0430. The monoisotopic (exact) mass is 385 g/mol. The molecular weight excluding hydrogens is 366 g/mol. The molecule has 0 bridgehead atoms. The lowest BCUT2D eigenvalue weighted by atomic mass is 10.0. The zero-order valence-corrected chi connectivity index (χ0v) is 15.7. The van der Waals surface area contributed by atoms with E-state index in [1.807, 2.05) is 18.1 Å². The van der Waals surface area contributed by atoms with Crippen LogP contribution in [0.1, 0.15) is 6.42 Å². The average Bonchev–Trinajstić information content (AvgIpc) is 3.31. The third kappa shape index (κ3) is 3.55. The number of hydrogen-bond acceptors (Lipinski definition) is 6. The Kier molecular flexibility index (Phi) is 4.62. The predicted molar refractivity (Wildman–Crippen MR) is 103 cm³/mol. The number of rotatable bonds is 4. The molecule has 0 radical (unpaired) electrons. The van der Waals surface area contributed by atoms with Gasteiger partial charge < -0.3 is 15.1 Å². The van der Waals surface area contributed by atoms with Crippen molar-refractivity contribution in [2.24, 2.45) is 18.9 Å². The summed E-state index contributed by atoms with van der Waals surface area (Å²) < 4.78 is 1.70. The Balaban J connectivity index is 1.45. The zero-order chi connectivity index (χ0) is 19.0. The van der Waals surface area contributed by atoms with Crippen LogP contribution in [0.5, 0.6) is 0 Å². The molecule has 2 aliphatic rings. The molecule has 2 aliphatic heterocycles. The first kappa shape index (κ1) is 17.6. The van der Waals surface area contributed by atoms with Gasteiger partial charge in [0.05, 0.1) is 24.5 Å². The van der Waals surface area contributed by atoms with Crippen LogP contribution in [-0.4, -0.2) is 56.7 Å². The summed E-state index contributed by atoms with van der Waals surface area (Å²) in [6.07, 6.45) is 10.6. The smallest absolute Gasteiger partial charge is 0.234 e. The van der Waals surface area contributed by atoms with Crippen LogP contribution in [0.15, 0.2) is 18.6 Å². The number of fused-ring (bicyclic) bond motifs is 1. The third-order valence-corrected chi connectivity index (χ3v) is 5.35. The van der Waals surface area contributed by atoms with Crippen LogP contribution in [0.3, 0.4) is 0 Å². The van der Waals surface area contributed by atoms with Crippen LogP contribution in [0, 0.1) is 24.2 Å². The van der Waals surface area contributed by atoms with Crippen molar-refractivity contribution in [3.05, 3.63) is 23.6 Å². The Morgan fingerprint density at radius 2 is 2.07 bits per heavy atom. The molecule has 2 atom stereocenters. The molecule has 9 heteroatoms. The fourth-order valence-electron chi connectivity index (χ4n) is 3.82. The molecule has 4 heterocycles. The van der Waals surface area contributed by atoms with Crippen molar-refractivity contribution in [1.82, 2.24) is 24.6 Å². The molecule has 140 valence electrons.